The summed E-state index contributed by atoms with van der Waals surface area (Å²) < 4.78 is 5.85. The Labute approximate surface area is 155 Å². The van der Waals surface area contributed by atoms with E-state index in [9.17, 15) is 4.79 Å². The SMILES string of the molecule is CNC1CCCN(C(C)C(=O)NC(C)c2cc3ccccc3o2)C1.Cl. The van der Waals surface area contributed by atoms with Crippen LogP contribution in [-0.4, -0.2) is 43.0 Å². The highest BCUT2D eigenvalue weighted by molar-refractivity contribution is 5.85. The van der Waals surface area contributed by atoms with Crippen molar-refractivity contribution in [3.63, 3.8) is 0 Å². The number of nitrogens with zero attached hydrogens (tertiary/aromatic N) is 1. The predicted octanol–water partition coefficient (Wildman–Crippen LogP) is 3.10. The number of halogens is 1. The molecule has 3 unspecified atom stereocenters. The third-order valence-electron chi connectivity index (χ3n) is 5.02. The first-order valence-corrected chi connectivity index (χ1v) is 8.78. The molecule has 138 valence electrons. The zero-order valence-electron chi connectivity index (χ0n) is 15.1. The first-order chi connectivity index (χ1) is 11.6. The minimum Gasteiger partial charge on any atom is -0.459 e. The van der Waals surface area contributed by atoms with Crippen LogP contribution in [0.15, 0.2) is 34.7 Å². The van der Waals surface area contributed by atoms with Gasteiger partial charge in [-0.3, -0.25) is 9.69 Å². The van der Waals surface area contributed by atoms with E-state index in [2.05, 4.69) is 15.5 Å². The van der Waals surface area contributed by atoms with Crippen LogP contribution in [0.25, 0.3) is 11.0 Å². The Morgan fingerprint density at radius 1 is 1.32 bits per heavy atom. The van der Waals surface area contributed by atoms with E-state index in [4.69, 9.17) is 4.42 Å². The highest BCUT2D eigenvalue weighted by Gasteiger charge is 2.27. The summed E-state index contributed by atoms with van der Waals surface area (Å²) >= 11 is 0. The number of carbonyl (C=O) groups excluding carboxylic acids is 1. The molecule has 1 aliphatic heterocycles. The number of carbonyl (C=O) groups is 1. The van der Waals surface area contributed by atoms with E-state index in [0.717, 1.165) is 36.2 Å². The highest BCUT2D eigenvalue weighted by atomic mass is 35.5. The van der Waals surface area contributed by atoms with Crippen molar-refractivity contribution in [2.75, 3.05) is 20.1 Å². The van der Waals surface area contributed by atoms with E-state index >= 15 is 0 Å². The molecule has 1 amide bonds. The molecule has 2 heterocycles. The number of nitrogens with one attached hydrogen (secondary N) is 2. The van der Waals surface area contributed by atoms with Crippen molar-refractivity contribution in [1.82, 2.24) is 15.5 Å². The third-order valence-corrected chi connectivity index (χ3v) is 5.02. The van der Waals surface area contributed by atoms with Crippen LogP contribution >= 0.6 is 12.4 Å². The second-order valence-corrected chi connectivity index (χ2v) is 6.72. The molecule has 0 bridgehead atoms. The highest BCUT2D eigenvalue weighted by Crippen LogP contribution is 2.24. The maximum atomic E-state index is 12.6. The average molecular weight is 366 g/mol. The average Bonchev–Trinajstić information content (AvgIpc) is 3.05. The topological polar surface area (TPSA) is 57.5 Å². The lowest BCUT2D eigenvalue weighted by atomic mass is 10.0. The summed E-state index contributed by atoms with van der Waals surface area (Å²) in [6.07, 6.45) is 2.30. The van der Waals surface area contributed by atoms with E-state index in [1.165, 1.54) is 6.42 Å². The first-order valence-electron chi connectivity index (χ1n) is 8.78. The molecule has 3 rings (SSSR count). The molecule has 1 fully saturated rings. The Kier molecular flexibility index (Phi) is 6.87. The van der Waals surface area contributed by atoms with Crippen molar-refractivity contribution in [1.29, 1.82) is 0 Å². The number of piperidine rings is 1. The Bertz CT molecular complexity index is 670. The minimum atomic E-state index is -0.141. The fourth-order valence-electron chi connectivity index (χ4n) is 3.38. The monoisotopic (exact) mass is 365 g/mol. The van der Waals surface area contributed by atoms with Crippen LogP contribution in [0.2, 0.25) is 0 Å². The molecule has 2 aromatic rings. The van der Waals surface area contributed by atoms with Crippen LogP contribution in [0.3, 0.4) is 0 Å². The van der Waals surface area contributed by atoms with E-state index in [1.807, 2.05) is 51.2 Å². The number of benzene rings is 1. The molecular formula is C19H28ClN3O2. The predicted molar refractivity (Wildman–Crippen MR) is 103 cm³/mol. The quantitative estimate of drug-likeness (QED) is 0.854. The summed E-state index contributed by atoms with van der Waals surface area (Å²) in [6, 6.07) is 10.1. The molecule has 25 heavy (non-hydrogen) atoms. The largest absolute Gasteiger partial charge is 0.459 e. The van der Waals surface area contributed by atoms with Gasteiger partial charge in [-0.25, -0.2) is 0 Å². The molecule has 3 atom stereocenters. The fourth-order valence-corrected chi connectivity index (χ4v) is 3.38. The lowest BCUT2D eigenvalue weighted by Crippen LogP contribution is -2.52. The number of hydrogen-bond acceptors (Lipinski definition) is 4. The van der Waals surface area contributed by atoms with Crippen molar-refractivity contribution in [2.45, 2.75) is 44.8 Å². The minimum absolute atomic E-state index is 0. The zero-order valence-corrected chi connectivity index (χ0v) is 15.9. The summed E-state index contributed by atoms with van der Waals surface area (Å²) in [6.45, 7) is 5.85. The van der Waals surface area contributed by atoms with Gasteiger partial charge >= 0.3 is 0 Å². The Morgan fingerprint density at radius 3 is 2.80 bits per heavy atom. The number of likely N-dealkylation sites (tertiary alicyclic amines) is 1. The van der Waals surface area contributed by atoms with Crippen molar-refractivity contribution < 1.29 is 9.21 Å². The van der Waals surface area contributed by atoms with Gasteiger partial charge in [0.05, 0.1) is 12.1 Å². The van der Waals surface area contributed by atoms with Crippen molar-refractivity contribution in [2.24, 2.45) is 0 Å². The van der Waals surface area contributed by atoms with Crippen LogP contribution in [0.4, 0.5) is 0 Å². The number of furan rings is 1. The van der Waals surface area contributed by atoms with E-state index in [-0.39, 0.29) is 30.4 Å². The van der Waals surface area contributed by atoms with Crippen LogP contribution in [0.5, 0.6) is 0 Å². The number of hydrogen-bond donors (Lipinski definition) is 2. The molecule has 5 nitrogen and oxygen atoms in total. The van der Waals surface area contributed by atoms with Gasteiger partial charge in [-0.15, -0.1) is 12.4 Å². The van der Waals surface area contributed by atoms with Gasteiger partial charge in [-0.2, -0.15) is 0 Å². The van der Waals surface area contributed by atoms with Gasteiger partial charge in [-0.1, -0.05) is 18.2 Å². The molecule has 1 aromatic heterocycles. The first kappa shape index (κ1) is 19.8. The summed E-state index contributed by atoms with van der Waals surface area (Å²) in [5, 5.41) is 7.48. The molecule has 0 aliphatic carbocycles. The van der Waals surface area contributed by atoms with Gasteiger partial charge in [0, 0.05) is 18.0 Å². The van der Waals surface area contributed by atoms with E-state index in [1.54, 1.807) is 0 Å². The molecular weight excluding hydrogens is 338 g/mol. The smallest absolute Gasteiger partial charge is 0.237 e. The van der Waals surface area contributed by atoms with Crippen LogP contribution < -0.4 is 10.6 Å². The van der Waals surface area contributed by atoms with Crippen LogP contribution in [0, 0.1) is 0 Å². The molecule has 0 spiro atoms. The molecule has 0 saturated carbocycles. The molecule has 6 heteroatoms. The fraction of sp³-hybridized carbons (Fsp3) is 0.526. The lowest BCUT2D eigenvalue weighted by molar-refractivity contribution is -0.127. The Morgan fingerprint density at radius 2 is 2.08 bits per heavy atom. The Hall–Kier alpha value is -1.56. The summed E-state index contributed by atoms with van der Waals surface area (Å²) in [7, 11) is 1.99. The summed E-state index contributed by atoms with van der Waals surface area (Å²) in [4.78, 5) is 14.9. The molecule has 1 aromatic carbocycles. The second-order valence-electron chi connectivity index (χ2n) is 6.72. The van der Waals surface area contributed by atoms with Gasteiger partial charge in [0.1, 0.15) is 11.3 Å². The number of fused-ring (bicyclic) bond motifs is 1. The van der Waals surface area contributed by atoms with Gasteiger partial charge in [0.2, 0.25) is 5.91 Å². The molecule has 1 saturated heterocycles. The molecule has 0 radical (unpaired) electrons. The Balaban J connectivity index is 0.00000225. The maximum absolute atomic E-state index is 12.6. The van der Waals surface area contributed by atoms with Gasteiger partial charge in [0.25, 0.3) is 0 Å². The molecule has 2 N–H and O–H groups in total. The maximum Gasteiger partial charge on any atom is 0.237 e. The standard InChI is InChI=1S/C19H27N3O2.ClH/c1-13(18-11-15-7-4-5-9-17(15)24-18)21-19(23)14(2)22-10-6-8-16(12-22)20-3;/h4-5,7,9,11,13-14,16,20H,6,8,10,12H2,1-3H3,(H,21,23);1H. The van der Waals surface area contributed by atoms with Crippen LogP contribution in [-0.2, 0) is 4.79 Å². The lowest BCUT2D eigenvalue weighted by Gasteiger charge is -2.36. The number of amides is 1. The molecule has 1 aliphatic rings. The van der Waals surface area contributed by atoms with Gasteiger partial charge in [0.15, 0.2) is 0 Å². The zero-order chi connectivity index (χ0) is 17.1. The number of rotatable bonds is 5. The van der Waals surface area contributed by atoms with E-state index in [0.29, 0.717) is 6.04 Å². The second kappa shape index (κ2) is 8.70. The number of para-hydroxylation sites is 1. The van der Waals surface area contributed by atoms with Gasteiger partial charge < -0.3 is 15.1 Å². The van der Waals surface area contributed by atoms with Crippen molar-refractivity contribution in [3.8, 4) is 0 Å². The third kappa shape index (κ3) is 4.54. The van der Waals surface area contributed by atoms with Crippen LogP contribution in [0.1, 0.15) is 38.5 Å². The summed E-state index contributed by atoms with van der Waals surface area (Å²) in [5.41, 5.74) is 0.856. The van der Waals surface area contributed by atoms with E-state index < -0.39 is 0 Å². The number of likely N-dealkylation sites (N-methyl/N-ethyl adjacent to an activating group) is 1. The normalized spacial score (nSPS) is 20.7. The summed E-state index contributed by atoms with van der Waals surface area (Å²) in [5.74, 6) is 0.850. The van der Waals surface area contributed by atoms with Gasteiger partial charge in [-0.05, 0) is 52.4 Å². The van der Waals surface area contributed by atoms with Crippen molar-refractivity contribution in [3.05, 3.63) is 36.1 Å². The van der Waals surface area contributed by atoms with Crippen molar-refractivity contribution >= 4 is 29.3 Å².